The molecule has 1 aliphatic heterocycles. The molecule has 3 heterocycles. The van der Waals surface area contributed by atoms with Crippen LogP contribution < -0.4 is 19.6 Å². The van der Waals surface area contributed by atoms with E-state index in [1.165, 1.54) is 29.9 Å². The maximum atomic E-state index is 14.0. The van der Waals surface area contributed by atoms with Crippen LogP contribution in [0.2, 0.25) is 5.02 Å². The second-order valence-corrected chi connectivity index (χ2v) is 12.0. The summed E-state index contributed by atoms with van der Waals surface area (Å²) in [5.74, 6) is -0.501. The van der Waals surface area contributed by atoms with Gasteiger partial charge in [0.15, 0.2) is 4.80 Å². The minimum Gasteiger partial charge on any atom is -0.496 e. The van der Waals surface area contributed by atoms with Gasteiger partial charge in [0, 0.05) is 21.7 Å². The molecular formula is C30H24BrClN2O7S. The van der Waals surface area contributed by atoms with E-state index in [-0.39, 0.29) is 17.2 Å². The van der Waals surface area contributed by atoms with Crippen molar-refractivity contribution in [3.8, 4) is 17.1 Å². The Morgan fingerprint density at radius 3 is 2.64 bits per heavy atom. The summed E-state index contributed by atoms with van der Waals surface area (Å²) in [5, 5.41) is 9.68. The highest BCUT2D eigenvalue weighted by Crippen LogP contribution is 2.37. The van der Waals surface area contributed by atoms with Crippen LogP contribution in [0.15, 0.2) is 78.5 Å². The third kappa shape index (κ3) is 5.59. The van der Waals surface area contributed by atoms with Crippen molar-refractivity contribution < 1.29 is 28.6 Å². The number of methoxy groups -OCH3 is 1. The molecule has 0 radical (unpaired) electrons. The zero-order valence-corrected chi connectivity index (χ0v) is 26.0. The summed E-state index contributed by atoms with van der Waals surface area (Å²) in [7, 11) is 1.52. The second-order valence-electron chi connectivity index (χ2n) is 9.62. The third-order valence-electron chi connectivity index (χ3n) is 6.45. The molecule has 42 heavy (non-hydrogen) atoms. The molecule has 1 aliphatic rings. The molecule has 0 fully saturated rings. The first kappa shape index (κ1) is 29.6. The number of fused-ring (bicyclic) bond motifs is 1. The van der Waals surface area contributed by atoms with Crippen molar-refractivity contribution in [3.05, 3.63) is 106 Å². The number of aromatic carboxylic acids is 1. The van der Waals surface area contributed by atoms with Gasteiger partial charge in [-0.1, -0.05) is 38.9 Å². The Kier molecular flexibility index (Phi) is 8.27. The predicted octanol–water partition coefficient (Wildman–Crippen LogP) is 5.57. The van der Waals surface area contributed by atoms with Gasteiger partial charge in [0.2, 0.25) is 0 Å². The lowest BCUT2D eigenvalue weighted by Crippen LogP contribution is -2.40. The number of thiazole rings is 1. The maximum Gasteiger partial charge on any atom is 0.338 e. The summed E-state index contributed by atoms with van der Waals surface area (Å²) in [5.41, 5.74) is 1.31. The molecule has 1 N–H and O–H groups in total. The fraction of sp³-hybridized carbons (Fsp3) is 0.200. The molecule has 0 amide bonds. The molecule has 0 bridgehead atoms. The number of furan rings is 1. The molecule has 0 saturated carbocycles. The summed E-state index contributed by atoms with van der Waals surface area (Å²) in [6.07, 6.45) is 1.19. The summed E-state index contributed by atoms with van der Waals surface area (Å²) < 4.78 is 19.6. The lowest BCUT2D eigenvalue weighted by Gasteiger charge is -2.26. The van der Waals surface area contributed by atoms with E-state index >= 15 is 0 Å². The molecular weight excluding hydrogens is 648 g/mol. The van der Waals surface area contributed by atoms with Crippen molar-refractivity contribution in [1.29, 1.82) is 0 Å². The van der Waals surface area contributed by atoms with Gasteiger partial charge in [-0.15, -0.1) is 0 Å². The van der Waals surface area contributed by atoms with Crippen molar-refractivity contribution >= 4 is 56.9 Å². The minimum absolute atomic E-state index is 0.0609. The number of rotatable bonds is 7. The van der Waals surface area contributed by atoms with E-state index in [1.54, 1.807) is 51.1 Å². The fourth-order valence-corrected chi connectivity index (χ4v) is 6.24. The molecule has 0 unspecified atom stereocenters. The highest BCUT2D eigenvalue weighted by atomic mass is 79.9. The summed E-state index contributed by atoms with van der Waals surface area (Å²) in [6.45, 7) is 5.21. The molecule has 1 atom stereocenters. The van der Waals surface area contributed by atoms with Crippen LogP contribution in [0.3, 0.4) is 0 Å². The SMILES string of the molecule is COc1ccc(Br)cc1[C@H]1C(C(=O)OC(C)C)=C(C)N=c2s/c(=C\c3ccc(-c4cc(C(=O)O)ccc4Cl)o3)c(=O)n21. The number of carboxylic acid groups (broad SMARTS) is 1. The van der Waals surface area contributed by atoms with Gasteiger partial charge in [0.05, 0.1) is 39.6 Å². The Labute approximate surface area is 257 Å². The fourth-order valence-electron chi connectivity index (χ4n) is 4.62. The maximum absolute atomic E-state index is 14.0. The molecule has 2 aromatic carbocycles. The molecule has 0 spiro atoms. The van der Waals surface area contributed by atoms with Gasteiger partial charge in [-0.05, 0) is 69.3 Å². The Bertz CT molecular complexity index is 1950. The smallest absolute Gasteiger partial charge is 0.338 e. The predicted molar refractivity (Wildman–Crippen MR) is 162 cm³/mol. The van der Waals surface area contributed by atoms with Crippen molar-refractivity contribution in [2.45, 2.75) is 32.9 Å². The Balaban J connectivity index is 1.67. The zero-order valence-electron chi connectivity index (χ0n) is 22.8. The van der Waals surface area contributed by atoms with Crippen LogP contribution in [0.25, 0.3) is 17.4 Å². The average Bonchev–Trinajstić information content (AvgIpc) is 3.51. The Morgan fingerprint density at radius 2 is 1.95 bits per heavy atom. The largest absolute Gasteiger partial charge is 0.496 e. The molecule has 0 aliphatic carbocycles. The van der Waals surface area contributed by atoms with E-state index in [9.17, 15) is 19.5 Å². The number of hydrogen-bond donors (Lipinski definition) is 1. The van der Waals surface area contributed by atoms with Crippen molar-refractivity contribution in [3.63, 3.8) is 0 Å². The number of halogens is 2. The number of nitrogens with zero attached hydrogens (tertiary/aromatic N) is 2. The van der Waals surface area contributed by atoms with Crippen molar-refractivity contribution in [2.75, 3.05) is 7.11 Å². The molecule has 216 valence electrons. The van der Waals surface area contributed by atoms with E-state index in [2.05, 4.69) is 20.9 Å². The van der Waals surface area contributed by atoms with Crippen LogP contribution in [0.1, 0.15) is 48.5 Å². The number of carboxylic acids is 1. The molecule has 9 nitrogen and oxygen atoms in total. The normalized spacial score (nSPS) is 15.0. The Morgan fingerprint density at radius 1 is 1.19 bits per heavy atom. The number of aromatic nitrogens is 1. The van der Waals surface area contributed by atoms with Gasteiger partial charge in [-0.3, -0.25) is 9.36 Å². The second kappa shape index (κ2) is 11.7. The van der Waals surface area contributed by atoms with Gasteiger partial charge in [0.25, 0.3) is 5.56 Å². The van der Waals surface area contributed by atoms with Gasteiger partial charge >= 0.3 is 11.9 Å². The molecule has 5 rings (SSSR count). The van der Waals surface area contributed by atoms with Crippen molar-refractivity contribution in [2.24, 2.45) is 4.99 Å². The first-order chi connectivity index (χ1) is 20.0. The third-order valence-corrected chi connectivity index (χ3v) is 8.26. The molecule has 12 heteroatoms. The minimum atomic E-state index is -1.09. The van der Waals surface area contributed by atoms with Crippen LogP contribution in [0.5, 0.6) is 5.75 Å². The molecule has 0 saturated heterocycles. The first-order valence-electron chi connectivity index (χ1n) is 12.7. The highest BCUT2D eigenvalue weighted by Gasteiger charge is 2.35. The van der Waals surface area contributed by atoms with E-state index < -0.39 is 23.5 Å². The standard InChI is InChI=1S/C30H24BrClN2O7S/c1-14(2)40-29(38)25-15(3)33-30-34(26(25)20-12-17(31)6-9-22(20)39-4)27(35)24(42-30)13-18-7-10-23(41-18)19-11-16(28(36)37)5-8-21(19)32/h5-14,26H,1-4H3,(H,36,37)/b24-13-/t26-/m0/s1. The van der Waals surface area contributed by atoms with Gasteiger partial charge in [0.1, 0.15) is 23.3 Å². The quantitative estimate of drug-likeness (QED) is 0.255. The average molecular weight is 672 g/mol. The van der Waals surface area contributed by atoms with E-state index in [4.69, 9.17) is 25.5 Å². The van der Waals surface area contributed by atoms with Crippen LogP contribution in [-0.4, -0.2) is 34.8 Å². The van der Waals surface area contributed by atoms with Crippen molar-refractivity contribution in [1.82, 2.24) is 4.57 Å². The monoisotopic (exact) mass is 670 g/mol. The van der Waals surface area contributed by atoms with Crippen LogP contribution in [0.4, 0.5) is 0 Å². The van der Waals surface area contributed by atoms with Crippen LogP contribution >= 0.6 is 38.9 Å². The van der Waals surface area contributed by atoms with Crippen LogP contribution in [-0.2, 0) is 9.53 Å². The van der Waals surface area contributed by atoms with Gasteiger partial charge < -0.3 is 19.0 Å². The van der Waals surface area contributed by atoms with Gasteiger partial charge in [-0.2, -0.15) is 0 Å². The lowest BCUT2D eigenvalue weighted by molar-refractivity contribution is -0.143. The summed E-state index contributed by atoms with van der Waals surface area (Å²) in [4.78, 5) is 43.8. The summed E-state index contributed by atoms with van der Waals surface area (Å²) in [6, 6.07) is 12.1. The molecule has 4 aromatic rings. The van der Waals surface area contributed by atoms with Crippen LogP contribution in [0, 0.1) is 0 Å². The highest BCUT2D eigenvalue weighted by molar-refractivity contribution is 9.10. The van der Waals surface area contributed by atoms with E-state index in [1.807, 2.05) is 6.07 Å². The van der Waals surface area contributed by atoms with E-state index in [0.717, 1.165) is 15.8 Å². The zero-order chi connectivity index (χ0) is 30.3. The number of ether oxygens (including phenoxy) is 2. The number of carbonyl (C=O) groups is 2. The summed E-state index contributed by atoms with van der Waals surface area (Å²) >= 11 is 10.9. The van der Waals surface area contributed by atoms with Gasteiger partial charge in [-0.25, -0.2) is 14.6 Å². The number of allylic oxidation sites excluding steroid dienone is 1. The Hall–Kier alpha value is -3.93. The first-order valence-corrected chi connectivity index (χ1v) is 14.7. The number of benzene rings is 2. The topological polar surface area (TPSA) is 120 Å². The number of esters is 1. The molecule has 2 aromatic heterocycles. The number of carbonyl (C=O) groups excluding carboxylic acids is 1. The lowest BCUT2D eigenvalue weighted by atomic mass is 9.95. The number of hydrogen-bond acceptors (Lipinski definition) is 8. The van der Waals surface area contributed by atoms with E-state index in [0.29, 0.717) is 48.5 Å².